The summed E-state index contributed by atoms with van der Waals surface area (Å²) in [6, 6.07) is 12.2. The Hall–Kier alpha value is -2.61. The van der Waals surface area contributed by atoms with Crippen LogP contribution >= 0.6 is 0 Å². The summed E-state index contributed by atoms with van der Waals surface area (Å²) in [5, 5.41) is 2.82. The van der Waals surface area contributed by atoms with Gasteiger partial charge in [-0.25, -0.2) is 4.98 Å². The number of nitrogens with one attached hydrogen (secondary N) is 1. The molecule has 2 aromatic rings. The molecule has 1 N–H and O–H groups in total. The van der Waals surface area contributed by atoms with Crippen molar-refractivity contribution in [1.29, 1.82) is 0 Å². The molecule has 0 aliphatic carbocycles. The molecule has 5 nitrogen and oxygen atoms in total. The third kappa shape index (κ3) is 6.74. The van der Waals surface area contributed by atoms with Crippen molar-refractivity contribution in [3.63, 3.8) is 0 Å². The maximum atomic E-state index is 12.7. The number of alkyl halides is 3. The van der Waals surface area contributed by atoms with E-state index >= 15 is 0 Å². The van der Waals surface area contributed by atoms with Crippen LogP contribution in [0.25, 0.3) is 0 Å². The molecule has 29 heavy (non-hydrogen) atoms. The summed E-state index contributed by atoms with van der Waals surface area (Å²) < 4.78 is 42.8. The van der Waals surface area contributed by atoms with Gasteiger partial charge in [-0.2, -0.15) is 13.2 Å². The van der Waals surface area contributed by atoms with E-state index in [4.69, 9.17) is 4.74 Å². The molecule has 0 bridgehead atoms. The average Bonchev–Trinajstić information content (AvgIpc) is 2.70. The van der Waals surface area contributed by atoms with Crippen molar-refractivity contribution in [3.8, 4) is 11.6 Å². The lowest BCUT2D eigenvalue weighted by Crippen LogP contribution is -2.47. The maximum absolute atomic E-state index is 12.7. The minimum absolute atomic E-state index is 0.000355. The van der Waals surface area contributed by atoms with E-state index in [1.54, 1.807) is 12.1 Å². The van der Waals surface area contributed by atoms with Gasteiger partial charge in [0.25, 0.3) is 0 Å². The molecule has 0 saturated carbocycles. The first kappa shape index (κ1) is 21.1. The van der Waals surface area contributed by atoms with Gasteiger partial charge in [0.1, 0.15) is 5.75 Å². The fourth-order valence-corrected chi connectivity index (χ4v) is 3.39. The lowest BCUT2D eigenvalue weighted by Gasteiger charge is -2.34. The number of carbonyl (C=O) groups excluding carboxylic acids is 1. The fourth-order valence-electron chi connectivity index (χ4n) is 3.39. The molecule has 156 valence electrons. The van der Waals surface area contributed by atoms with Gasteiger partial charge in [-0.15, -0.1) is 0 Å². The SMILES string of the molecule is O=C(Nc1ccc(Oc2ccccc2)nc1)[C@H]1CCCCN1CCCC(F)(F)F. The van der Waals surface area contributed by atoms with Crippen LogP contribution in [-0.4, -0.2) is 41.1 Å². The number of hydrogen-bond donors (Lipinski definition) is 1. The third-order valence-electron chi connectivity index (χ3n) is 4.79. The minimum atomic E-state index is -4.16. The summed E-state index contributed by atoms with van der Waals surface area (Å²) in [6.45, 7) is 0.901. The Morgan fingerprint density at radius 2 is 1.97 bits per heavy atom. The largest absolute Gasteiger partial charge is 0.439 e. The lowest BCUT2D eigenvalue weighted by molar-refractivity contribution is -0.137. The number of likely N-dealkylation sites (tertiary alicyclic amines) is 1. The number of amides is 1. The molecule has 1 aliphatic rings. The monoisotopic (exact) mass is 407 g/mol. The van der Waals surface area contributed by atoms with Crippen molar-refractivity contribution in [2.24, 2.45) is 0 Å². The Morgan fingerprint density at radius 1 is 1.17 bits per heavy atom. The van der Waals surface area contributed by atoms with Crippen LogP contribution in [0.2, 0.25) is 0 Å². The molecule has 1 aromatic carbocycles. The molecule has 1 fully saturated rings. The lowest BCUT2D eigenvalue weighted by atomic mass is 10.0. The number of hydrogen-bond acceptors (Lipinski definition) is 4. The van der Waals surface area contributed by atoms with Gasteiger partial charge in [0, 0.05) is 12.5 Å². The number of carbonyl (C=O) groups is 1. The number of piperidine rings is 1. The number of pyridine rings is 1. The van der Waals surface area contributed by atoms with Crippen molar-refractivity contribution in [2.75, 3.05) is 18.4 Å². The molecule has 1 saturated heterocycles. The molecular formula is C21H24F3N3O2. The van der Waals surface area contributed by atoms with Crippen LogP contribution in [0.4, 0.5) is 18.9 Å². The number of halogens is 3. The van der Waals surface area contributed by atoms with E-state index in [0.717, 1.165) is 12.8 Å². The van der Waals surface area contributed by atoms with E-state index in [1.165, 1.54) is 6.20 Å². The van der Waals surface area contributed by atoms with E-state index in [1.807, 2.05) is 35.2 Å². The van der Waals surface area contributed by atoms with Gasteiger partial charge in [-0.05, 0) is 50.6 Å². The number of ether oxygens (including phenoxy) is 1. The normalized spacial score (nSPS) is 17.7. The smallest absolute Gasteiger partial charge is 0.389 e. The van der Waals surface area contributed by atoms with E-state index in [0.29, 0.717) is 30.3 Å². The highest BCUT2D eigenvalue weighted by atomic mass is 19.4. The van der Waals surface area contributed by atoms with Crippen LogP contribution in [-0.2, 0) is 4.79 Å². The third-order valence-corrected chi connectivity index (χ3v) is 4.79. The van der Waals surface area contributed by atoms with Gasteiger partial charge in [-0.3, -0.25) is 9.69 Å². The van der Waals surface area contributed by atoms with Crippen molar-refractivity contribution in [2.45, 2.75) is 44.3 Å². The van der Waals surface area contributed by atoms with Crippen LogP contribution < -0.4 is 10.1 Å². The zero-order valence-electron chi connectivity index (χ0n) is 16.0. The summed E-state index contributed by atoms with van der Waals surface area (Å²) in [6.07, 6.45) is -1.07. The number of anilines is 1. The summed E-state index contributed by atoms with van der Waals surface area (Å²) in [4.78, 5) is 18.7. The van der Waals surface area contributed by atoms with Crippen LogP contribution in [0.3, 0.4) is 0 Å². The molecule has 2 heterocycles. The van der Waals surface area contributed by atoms with E-state index < -0.39 is 18.6 Å². The molecule has 0 unspecified atom stereocenters. The zero-order chi connectivity index (χ0) is 20.7. The molecule has 3 rings (SSSR count). The highest BCUT2D eigenvalue weighted by Gasteiger charge is 2.31. The maximum Gasteiger partial charge on any atom is 0.389 e. The first-order valence-electron chi connectivity index (χ1n) is 9.71. The molecule has 1 amide bonds. The highest BCUT2D eigenvalue weighted by molar-refractivity contribution is 5.94. The van der Waals surface area contributed by atoms with E-state index in [-0.39, 0.29) is 18.9 Å². The van der Waals surface area contributed by atoms with Crippen molar-refractivity contribution >= 4 is 11.6 Å². The Labute approximate surface area is 167 Å². The second-order valence-electron chi connectivity index (χ2n) is 7.06. The molecule has 1 aliphatic heterocycles. The topological polar surface area (TPSA) is 54.5 Å². The van der Waals surface area contributed by atoms with Gasteiger partial charge in [-0.1, -0.05) is 24.6 Å². The number of aromatic nitrogens is 1. The standard InChI is InChI=1S/C21H24F3N3O2/c22-21(23,24)12-6-14-27-13-5-4-9-18(27)20(28)26-16-10-11-19(25-15-16)29-17-7-2-1-3-8-17/h1-3,7-8,10-11,15,18H,4-6,9,12-14H2,(H,26,28)/t18-/m1/s1. The molecule has 0 spiro atoms. The van der Waals surface area contributed by atoms with E-state index in [9.17, 15) is 18.0 Å². The van der Waals surface area contributed by atoms with Crippen LogP contribution in [0.5, 0.6) is 11.6 Å². The quantitative estimate of drug-likeness (QED) is 0.701. The molecular weight excluding hydrogens is 383 g/mol. The van der Waals surface area contributed by atoms with Gasteiger partial charge >= 0.3 is 6.18 Å². The highest BCUT2D eigenvalue weighted by Crippen LogP contribution is 2.25. The fraction of sp³-hybridized carbons (Fsp3) is 0.429. The summed E-state index contributed by atoms with van der Waals surface area (Å²) in [7, 11) is 0. The number of benzene rings is 1. The molecule has 1 atom stereocenters. The zero-order valence-corrected chi connectivity index (χ0v) is 16.0. The average molecular weight is 407 g/mol. The van der Waals surface area contributed by atoms with Gasteiger partial charge in [0.15, 0.2) is 0 Å². The summed E-state index contributed by atoms with van der Waals surface area (Å²) in [5.74, 6) is 0.851. The summed E-state index contributed by atoms with van der Waals surface area (Å²) >= 11 is 0. The van der Waals surface area contributed by atoms with E-state index in [2.05, 4.69) is 10.3 Å². The van der Waals surface area contributed by atoms with Crippen molar-refractivity contribution < 1.29 is 22.7 Å². The molecule has 1 aromatic heterocycles. The number of para-hydroxylation sites is 1. The molecule has 8 heteroatoms. The summed E-state index contributed by atoms with van der Waals surface area (Å²) in [5.41, 5.74) is 0.524. The number of rotatable bonds is 7. The van der Waals surface area contributed by atoms with Crippen molar-refractivity contribution in [3.05, 3.63) is 48.7 Å². The van der Waals surface area contributed by atoms with Gasteiger partial charge in [0.05, 0.1) is 17.9 Å². The Kier molecular flexibility index (Phi) is 7.09. The van der Waals surface area contributed by atoms with Crippen LogP contribution in [0.15, 0.2) is 48.7 Å². The van der Waals surface area contributed by atoms with Crippen molar-refractivity contribution in [1.82, 2.24) is 9.88 Å². The second-order valence-corrected chi connectivity index (χ2v) is 7.06. The second kappa shape index (κ2) is 9.73. The minimum Gasteiger partial charge on any atom is -0.439 e. The van der Waals surface area contributed by atoms with Gasteiger partial charge in [0.2, 0.25) is 11.8 Å². The first-order valence-corrected chi connectivity index (χ1v) is 9.71. The van der Waals surface area contributed by atoms with Crippen LogP contribution in [0, 0.1) is 0 Å². The molecule has 0 radical (unpaired) electrons. The predicted molar refractivity (Wildman–Crippen MR) is 104 cm³/mol. The Morgan fingerprint density at radius 3 is 2.66 bits per heavy atom. The van der Waals surface area contributed by atoms with Gasteiger partial charge < -0.3 is 10.1 Å². The Balaban J connectivity index is 1.54. The number of nitrogens with zero attached hydrogens (tertiary/aromatic N) is 2. The first-order chi connectivity index (χ1) is 13.9. The van der Waals surface area contributed by atoms with Crippen LogP contribution in [0.1, 0.15) is 32.1 Å². The predicted octanol–water partition coefficient (Wildman–Crippen LogP) is 5.01. The Bertz CT molecular complexity index is 782.